The van der Waals surface area contributed by atoms with Gasteiger partial charge in [-0.1, -0.05) is 237 Å². The molecule has 12 heteroatoms. The molecule has 0 aliphatic rings. The topological polar surface area (TPSA) is 106 Å². The first-order valence-corrected chi connectivity index (χ1v) is 40.9. The number of furan rings is 2. The van der Waals surface area contributed by atoms with Crippen LogP contribution in [0.4, 0.5) is 0 Å². The van der Waals surface area contributed by atoms with E-state index in [1.165, 1.54) is 64.9 Å². The molecule has 30 rings (SSSR count). The van der Waals surface area contributed by atoms with Crippen LogP contribution in [0.25, 0.3) is 285 Å². The van der Waals surface area contributed by atoms with Crippen LogP contribution < -0.4 is 0 Å². The third-order valence-electron chi connectivity index (χ3n) is 26.8. The van der Waals surface area contributed by atoms with E-state index in [4.69, 9.17) is 28.8 Å². The monoisotopic (exact) mass is 1520 g/mol. The number of nitrogens with zero attached hydrogens (tertiary/aromatic N) is 10. The van der Waals surface area contributed by atoms with E-state index in [1.54, 1.807) is 0 Å². The molecule has 12 nitrogen and oxygen atoms in total. The van der Waals surface area contributed by atoms with Gasteiger partial charge in [0.05, 0.1) is 77.2 Å². The van der Waals surface area contributed by atoms with Gasteiger partial charge in [0.15, 0.2) is 22.8 Å². The number of fused-ring (bicyclic) bond motifs is 40. The molecule has 0 aliphatic carbocycles. The summed E-state index contributed by atoms with van der Waals surface area (Å²) in [5.74, 6) is 2.40. The van der Waals surface area contributed by atoms with Gasteiger partial charge in [0, 0.05) is 97.0 Å². The molecule has 0 radical (unpaired) electrons. The van der Waals surface area contributed by atoms with Crippen LogP contribution >= 0.6 is 0 Å². The molecule has 0 saturated heterocycles. The van der Waals surface area contributed by atoms with Crippen molar-refractivity contribution < 1.29 is 8.83 Å². The molecule has 120 heavy (non-hydrogen) atoms. The van der Waals surface area contributed by atoms with E-state index in [0.29, 0.717) is 34.7 Å². The molecule has 0 saturated carbocycles. The first kappa shape index (κ1) is 62.0. The van der Waals surface area contributed by atoms with E-state index in [9.17, 15) is 0 Å². The summed E-state index contributed by atoms with van der Waals surface area (Å²) in [7, 11) is 0. The zero-order valence-electron chi connectivity index (χ0n) is 63.6. The van der Waals surface area contributed by atoms with Gasteiger partial charge in [-0.15, -0.1) is 0 Å². The first-order chi connectivity index (χ1) is 59.6. The molecule has 0 unspecified atom stereocenters. The van der Waals surface area contributed by atoms with Crippen LogP contribution in [0.5, 0.6) is 0 Å². The first-order valence-electron chi connectivity index (χ1n) is 40.9. The lowest BCUT2D eigenvalue weighted by molar-refractivity contribution is 0.661. The van der Waals surface area contributed by atoms with Gasteiger partial charge in [-0.05, 0) is 157 Å². The summed E-state index contributed by atoms with van der Waals surface area (Å²) in [4.78, 5) is 23.4. The second-order valence-corrected chi connectivity index (χ2v) is 32.6. The highest BCUT2D eigenvalue weighted by Crippen LogP contribution is 2.53. The van der Waals surface area contributed by atoms with Gasteiger partial charge in [-0.2, -0.15) is 9.97 Å². The van der Waals surface area contributed by atoms with E-state index in [1.807, 2.05) is 18.2 Å². The molecule has 0 bridgehead atoms. The molecular formula is C108H56N10O2. The predicted molar refractivity (Wildman–Crippen MR) is 494 cm³/mol. The van der Waals surface area contributed by atoms with Gasteiger partial charge >= 0.3 is 0 Å². The Morgan fingerprint density at radius 1 is 0.192 bits per heavy atom. The van der Waals surface area contributed by atoms with E-state index in [-0.39, 0.29) is 0 Å². The standard InChI is InChI=1S/C108H56N10O2/c1-5-25-63-58(22-1)43-50-85-91(63)70-32-12-18-38-82(70)116(85)107-109-98-73-34-14-20-40-90(73)120-104(98)106(112-107)117-80-36-16-10-30-68(80)76-56-78-74-53-61(46-48-83(74)114-87-52-45-59-23-3-7-27-65(59)93(87)95(100(78)114)101(76)117)62-41-47-71-88(54-62)115(84-49-42-57-21-2-6-26-64(57)92(71)84)105-103-97(72-33-13-19-39-89(72)119-103)110-108(111-105)118-81-37-17-11-31-69(81)77-55-75-67-29-9-15-35-79(67)113-86-51-44-60-24-4-8-28-66(60)94(86)96(99(75)113)102(77)118/h1-56H. The van der Waals surface area contributed by atoms with Gasteiger partial charge in [0.25, 0.3) is 0 Å². The number of para-hydroxylation sites is 6. The Balaban J connectivity index is 0.686. The molecular weight excluding hydrogens is 1470 g/mol. The molecule has 12 aromatic heterocycles. The quantitative estimate of drug-likeness (QED) is 0.170. The lowest BCUT2D eigenvalue weighted by Crippen LogP contribution is -2.07. The van der Waals surface area contributed by atoms with Crippen molar-refractivity contribution in [3.63, 3.8) is 0 Å². The SMILES string of the molecule is c1ccc2c(c1)ccc1c2c2ccccc2n1-c1nc(-n2c3ccccc3c3cc4c5cc(-c6ccc7c8c9ccccc9ccc8n(-c8nc(-n9c%10ccccc%10c%10cc%11c%12ccccc%12n%12c%13ccc%14ccccc%14c%13c(c%109)c%11%12)nc9c8oc8ccccc89)c7c6)ccc5n5c6ccc7ccccc7c6c(c32)c45)c2oc3ccccc3c2n1. The summed E-state index contributed by atoms with van der Waals surface area (Å²) in [5, 5.41) is 29.6. The van der Waals surface area contributed by atoms with Crippen molar-refractivity contribution >= 4 is 251 Å². The Hall–Kier alpha value is -16.4. The molecule has 0 amide bonds. The van der Waals surface area contributed by atoms with Gasteiger partial charge in [-0.25, -0.2) is 9.97 Å². The number of rotatable bonds is 5. The summed E-state index contributed by atoms with van der Waals surface area (Å²) >= 11 is 0. The van der Waals surface area contributed by atoms with Crippen LogP contribution in [0.3, 0.4) is 0 Å². The zero-order chi connectivity index (χ0) is 77.3. The highest BCUT2D eigenvalue weighted by atomic mass is 16.3. The Morgan fingerprint density at radius 2 is 0.550 bits per heavy atom. The van der Waals surface area contributed by atoms with E-state index >= 15 is 0 Å². The van der Waals surface area contributed by atoms with Crippen LogP contribution in [0.15, 0.2) is 349 Å². The van der Waals surface area contributed by atoms with E-state index in [0.717, 1.165) is 186 Å². The number of aromatic nitrogens is 10. The second kappa shape index (κ2) is 21.9. The molecule has 550 valence electrons. The largest absolute Gasteiger partial charge is 0.450 e. The van der Waals surface area contributed by atoms with Gasteiger partial charge < -0.3 is 17.6 Å². The third kappa shape index (κ3) is 7.60. The zero-order valence-corrected chi connectivity index (χ0v) is 63.6. The number of hydrogen-bond donors (Lipinski definition) is 0. The van der Waals surface area contributed by atoms with Crippen LogP contribution in [-0.4, -0.2) is 47.0 Å². The average molecular weight is 1530 g/mol. The molecule has 0 N–H and O–H groups in total. The Morgan fingerprint density at radius 3 is 1.10 bits per heavy atom. The van der Waals surface area contributed by atoms with E-state index < -0.39 is 0 Å². The molecule has 0 spiro atoms. The fraction of sp³-hybridized carbons (Fsp3) is 0. The average Bonchev–Trinajstić information content (AvgIpc) is 1.51. The summed E-state index contributed by atoms with van der Waals surface area (Å²) < 4.78 is 28.8. The van der Waals surface area contributed by atoms with Crippen LogP contribution in [0, 0.1) is 0 Å². The maximum Gasteiger partial charge on any atom is 0.237 e. The molecule has 12 heterocycles. The van der Waals surface area contributed by atoms with Crippen molar-refractivity contribution in [2.24, 2.45) is 0 Å². The fourth-order valence-electron chi connectivity index (χ4n) is 22.0. The molecule has 0 atom stereocenters. The second-order valence-electron chi connectivity index (χ2n) is 32.6. The van der Waals surface area contributed by atoms with Crippen molar-refractivity contribution in [3.8, 4) is 34.7 Å². The lowest BCUT2D eigenvalue weighted by atomic mass is 9.97. The molecule has 0 aliphatic heterocycles. The van der Waals surface area contributed by atoms with E-state index in [2.05, 4.69) is 349 Å². The maximum atomic E-state index is 7.25. The van der Waals surface area contributed by atoms with Gasteiger partial charge in [-0.3, -0.25) is 18.3 Å². The molecule has 0 fully saturated rings. The fourth-order valence-corrected chi connectivity index (χ4v) is 22.0. The summed E-state index contributed by atoms with van der Waals surface area (Å²) in [6, 6.07) is 124. The normalized spacial score (nSPS) is 12.8. The Labute approximate surface area is 676 Å². The Bertz CT molecular complexity index is 9990. The summed E-state index contributed by atoms with van der Waals surface area (Å²) in [6.07, 6.45) is 0. The van der Waals surface area contributed by atoms with Crippen molar-refractivity contribution in [3.05, 3.63) is 340 Å². The molecule has 30 aromatic rings. The van der Waals surface area contributed by atoms with Crippen molar-refractivity contribution in [1.82, 2.24) is 47.0 Å². The predicted octanol–water partition coefficient (Wildman–Crippen LogP) is 28.0. The Kier molecular flexibility index (Phi) is 11.3. The highest BCUT2D eigenvalue weighted by Gasteiger charge is 2.33. The molecule has 18 aromatic carbocycles. The van der Waals surface area contributed by atoms with Crippen LogP contribution in [0.1, 0.15) is 0 Å². The lowest BCUT2D eigenvalue weighted by Gasteiger charge is -2.13. The maximum absolute atomic E-state index is 7.25. The van der Waals surface area contributed by atoms with Crippen LogP contribution in [0.2, 0.25) is 0 Å². The van der Waals surface area contributed by atoms with Crippen molar-refractivity contribution in [2.45, 2.75) is 0 Å². The minimum absolute atomic E-state index is 0.543. The minimum Gasteiger partial charge on any atom is -0.450 e. The minimum atomic E-state index is 0.543. The highest BCUT2D eigenvalue weighted by molar-refractivity contribution is 6.40. The van der Waals surface area contributed by atoms with Crippen LogP contribution in [-0.2, 0) is 0 Å². The van der Waals surface area contributed by atoms with Crippen molar-refractivity contribution in [1.29, 1.82) is 0 Å². The summed E-state index contributed by atoms with van der Waals surface area (Å²) in [6.45, 7) is 0. The smallest absolute Gasteiger partial charge is 0.237 e. The summed E-state index contributed by atoms with van der Waals surface area (Å²) in [5.41, 5.74) is 21.3. The number of benzene rings is 18. The van der Waals surface area contributed by atoms with Gasteiger partial charge in [0.2, 0.25) is 11.9 Å². The number of hydrogen-bond acceptors (Lipinski definition) is 6. The third-order valence-corrected chi connectivity index (χ3v) is 26.8. The van der Waals surface area contributed by atoms with Gasteiger partial charge in [0.1, 0.15) is 22.2 Å². The van der Waals surface area contributed by atoms with Crippen molar-refractivity contribution in [2.75, 3.05) is 0 Å².